The lowest BCUT2D eigenvalue weighted by Crippen LogP contribution is -2.27. The van der Waals surface area contributed by atoms with Crippen LogP contribution in [0.25, 0.3) is 11.1 Å². The molecule has 3 N–H and O–H groups in total. The summed E-state index contributed by atoms with van der Waals surface area (Å²) in [6.07, 6.45) is 0. The van der Waals surface area contributed by atoms with Gasteiger partial charge in [-0.25, -0.2) is 9.59 Å². The van der Waals surface area contributed by atoms with Gasteiger partial charge in [-0.15, -0.1) is 0 Å². The van der Waals surface area contributed by atoms with Crippen LogP contribution in [0.5, 0.6) is 11.5 Å². The van der Waals surface area contributed by atoms with E-state index in [1.807, 2.05) is 66.7 Å². The predicted molar refractivity (Wildman–Crippen MR) is 203 cm³/mol. The predicted octanol–water partition coefficient (Wildman–Crippen LogP) is 7.78. The Balaban J connectivity index is 0.000000182. The highest BCUT2D eigenvalue weighted by Gasteiger charge is 2.09. The van der Waals surface area contributed by atoms with Crippen molar-refractivity contribution in [2.75, 3.05) is 7.11 Å². The van der Waals surface area contributed by atoms with Crippen molar-refractivity contribution < 1.29 is 39.0 Å². The third-order valence-corrected chi connectivity index (χ3v) is 8.80. The van der Waals surface area contributed by atoms with Gasteiger partial charge in [0.25, 0.3) is 0 Å². The molecule has 4 aromatic carbocycles. The summed E-state index contributed by atoms with van der Waals surface area (Å²) in [5.41, 5.74) is 5.49. The maximum absolute atomic E-state index is 11.4. The van der Waals surface area contributed by atoms with Crippen molar-refractivity contribution in [1.29, 1.82) is 0 Å². The average Bonchev–Trinajstić information content (AvgIpc) is 3.88. The van der Waals surface area contributed by atoms with Gasteiger partial charge in [-0.05, 0) is 139 Å². The quantitative estimate of drug-likeness (QED) is 0.0730. The fourth-order valence-corrected chi connectivity index (χ4v) is 5.85. The average molecular weight is 807 g/mol. The van der Waals surface area contributed by atoms with Gasteiger partial charge in [0.2, 0.25) is 0 Å². The van der Waals surface area contributed by atoms with E-state index in [0.29, 0.717) is 24.2 Å². The molecule has 250 valence electrons. The second-order valence-electron chi connectivity index (χ2n) is 10.2. The Morgan fingerprint density at radius 3 is 1.73 bits per heavy atom. The summed E-state index contributed by atoms with van der Waals surface area (Å²) in [5, 5.41) is 33.6. The molecule has 0 aliphatic rings. The molecule has 0 amide bonds. The Kier molecular flexibility index (Phi) is 14.9. The summed E-state index contributed by atoms with van der Waals surface area (Å²) in [6, 6.07) is 33.5. The van der Waals surface area contributed by atoms with E-state index in [0.717, 1.165) is 31.8 Å². The Morgan fingerprint density at radius 2 is 1.24 bits per heavy atom. The first-order chi connectivity index (χ1) is 23.7. The number of ether oxygens (including phenoxy) is 3. The number of hydrogen-bond donors (Lipinski definition) is 3. The van der Waals surface area contributed by atoms with Crippen molar-refractivity contribution in [1.82, 2.24) is 0 Å². The zero-order valence-corrected chi connectivity index (χ0v) is 30.1. The van der Waals surface area contributed by atoms with Crippen LogP contribution < -0.4 is 14.9 Å². The zero-order valence-electron chi connectivity index (χ0n) is 26.3. The van der Waals surface area contributed by atoms with E-state index in [1.54, 1.807) is 58.5 Å². The van der Waals surface area contributed by atoms with Gasteiger partial charge in [0.15, 0.2) is 0 Å². The van der Waals surface area contributed by atoms with Crippen LogP contribution >= 0.6 is 45.3 Å². The smallest absolute Gasteiger partial charge is 0.489 e. The number of hydrogen-bond acceptors (Lipinski definition) is 9. The van der Waals surface area contributed by atoms with E-state index in [-0.39, 0.29) is 11.5 Å². The highest BCUT2D eigenvalue weighted by Crippen LogP contribution is 2.25. The van der Waals surface area contributed by atoms with Crippen molar-refractivity contribution in [3.8, 4) is 22.6 Å². The zero-order chi connectivity index (χ0) is 35.0. The molecule has 0 atom stereocenters. The molecule has 0 fully saturated rings. The van der Waals surface area contributed by atoms with Crippen LogP contribution in [0.2, 0.25) is 0 Å². The van der Waals surface area contributed by atoms with Crippen LogP contribution in [-0.4, -0.2) is 41.3 Å². The Morgan fingerprint density at radius 1 is 0.694 bits per heavy atom. The van der Waals surface area contributed by atoms with Gasteiger partial charge in [0.1, 0.15) is 24.7 Å². The minimum Gasteiger partial charge on any atom is -0.489 e. The number of carbonyl (C=O) groups excluding carboxylic acids is 1. The first-order valence-corrected chi connectivity index (χ1v) is 17.7. The van der Waals surface area contributed by atoms with Crippen LogP contribution in [0.15, 0.2) is 131 Å². The Bertz CT molecular complexity index is 1880. The summed E-state index contributed by atoms with van der Waals surface area (Å²) in [5.74, 6) is 0.307. The summed E-state index contributed by atoms with van der Waals surface area (Å²) < 4.78 is 17.2. The first-order valence-electron chi connectivity index (χ1n) is 14.7. The van der Waals surface area contributed by atoms with Gasteiger partial charge in [0, 0.05) is 3.57 Å². The molecular weight excluding hydrogens is 774 g/mol. The van der Waals surface area contributed by atoms with E-state index >= 15 is 0 Å². The molecule has 2 aromatic heterocycles. The lowest BCUT2D eigenvalue weighted by Gasteiger charge is -2.07. The fraction of sp³-hybridized carbons (Fsp3) is 0.0811. The van der Waals surface area contributed by atoms with E-state index in [2.05, 4.69) is 44.2 Å². The lowest BCUT2D eigenvalue weighted by atomic mass is 9.83. The molecule has 12 heteroatoms. The highest BCUT2D eigenvalue weighted by molar-refractivity contribution is 14.1. The Labute approximate surface area is 306 Å². The topological polar surface area (TPSA) is 123 Å². The van der Waals surface area contributed by atoms with Gasteiger partial charge < -0.3 is 29.4 Å². The number of methoxy groups -OCH3 is 1. The van der Waals surface area contributed by atoms with Gasteiger partial charge in [-0.1, -0.05) is 42.5 Å². The van der Waals surface area contributed by atoms with Crippen molar-refractivity contribution in [2.24, 2.45) is 0 Å². The molecule has 0 spiro atoms. The van der Waals surface area contributed by atoms with Crippen molar-refractivity contribution in [3.63, 3.8) is 0 Å². The molecule has 0 unspecified atom stereocenters. The summed E-state index contributed by atoms with van der Waals surface area (Å²) in [6.45, 7) is 0.768. The van der Waals surface area contributed by atoms with Crippen LogP contribution in [-0.2, 0) is 18.0 Å². The summed E-state index contributed by atoms with van der Waals surface area (Å²) in [4.78, 5) is 22.4. The molecule has 49 heavy (non-hydrogen) atoms. The standard InChI is InChI=1S/C18H14O3S.C15H13IO3.C4H5BO2S/c19-18(20)15-3-1-2-13(10-15)11-21-17-6-4-14(5-7-17)16-8-9-22-12-16;1-18-15(17)12-4-2-3-11(9-12)10-19-14-7-5-13(16)6-8-14;6-5(7)4-1-2-8-3-4/h1-10,12H,11H2,(H,19,20);2-9H,10H2,1H3;1-3,6-7H. The molecular formula is C37H32BIO8S2. The van der Waals surface area contributed by atoms with Gasteiger partial charge in [-0.2, -0.15) is 22.7 Å². The van der Waals surface area contributed by atoms with Crippen molar-refractivity contribution in [2.45, 2.75) is 13.2 Å². The molecule has 0 radical (unpaired) electrons. The molecule has 6 aromatic rings. The third kappa shape index (κ3) is 12.5. The minimum absolute atomic E-state index is 0.272. The summed E-state index contributed by atoms with van der Waals surface area (Å²) >= 11 is 5.36. The summed E-state index contributed by atoms with van der Waals surface area (Å²) in [7, 11) is 0.0677. The number of carbonyl (C=O) groups is 2. The SMILES string of the molecule is COC(=O)c1cccc(COc2ccc(I)cc2)c1.O=C(O)c1cccc(COc2ccc(-c3ccsc3)cc2)c1.OB(O)c1ccsc1. The van der Waals surface area contributed by atoms with E-state index in [9.17, 15) is 9.59 Å². The highest BCUT2D eigenvalue weighted by atomic mass is 127. The Hall–Kier alpha value is -4.47. The van der Waals surface area contributed by atoms with Crippen LogP contribution in [0.1, 0.15) is 31.8 Å². The molecule has 8 nitrogen and oxygen atoms in total. The number of benzene rings is 4. The van der Waals surface area contributed by atoms with Crippen LogP contribution in [0.4, 0.5) is 0 Å². The first kappa shape index (κ1) is 37.4. The van der Waals surface area contributed by atoms with Gasteiger partial charge in [0.05, 0.1) is 18.2 Å². The second kappa shape index (κ2) is 19.5. The number of thiophene rings is 2. The van der Waals surface area contributed by atoms with Gasteiger partial charge in [-0.3, -0.25) is 0 Å². The van der Waals surface area contributed by atoms with Crippen LogP contribution in [0.3, 0.4) is 0 Å². The number of aromatic carboxylic acids is 1. The largest absolute Gasteiger partial charge is 0.489 e. The maximum atomic E-state index is 11.4. The third-order valence-electron chi connectivity index (χ3n) is 6.70. The van der Waals surface area contributed by atoms with E-state index in [1.165, 1.54) is 24.0 Å². The van der Waals surface area contributed by atoms with E-state index in [4.69, 9.17) is 24.6 Å². The maximum Gasteiger partial charge on any atom is 0.489 e. The second-order valence-corrected chi connectivity index (χ2v) is 13.0. The monoisotopic (exact) mass is 806 g/mol. The van der Waals surface area contributed by atoms with Crippen molar-refractivity contribution >= 4 is 69.8 Å². The number of esters is 1. The lowest BCUT2D eigenvalue weighted by molar-refractivity contribution is 0.0599. The number of rotatable bonds is 10. The van der Waals surface area contributed by atoms with Crippen LogP contribution in [0, 0.1) is 3.57 Å². The molecule has 0 saturated carbocycles. The number of halogens is 1. The molecule has 0 saturated heterocycles. The number of carboxylic acids is 1. The van der Waals surface area contributed by atoms with E-state index < -0.39 is 13.1 Å². The normalized spacial score (nSPS) is 10.0. The molecule has 6 rings (SSSR count). The molecule has 0 bridgehead atoms. The van der Waals surface area contributed by atoms with Gasteiger partial charge >= 0.3 is 19.1 Å². The minimum atomic E-state index is -1.30. The molecule has 0 aliphatic carbocycles. The fourth-order valence-electron chi connectivity index (χ4n) is 4.16. The van der Waals surface area contributed by atoms with Crippen molar-refractivity contribution in [3.05, 3.63) is 157 Å². The molecule has 0 aliphatic heterocycles. The number of carboxylic acid groups (broad SMARTS) is 1. The molecule has 2 heterocycles.